The largest absolute Gasteiger partial charge is 0.348 e. The van der Waals surface area contributed by atoms with Gasteiger partial charge in [0.2, 0.25) is 0 Å². The van der Waals surface area contributed by atoms with E-state index in [0.717, 1.165) is 11.6 Å². The summed E-state index contributed by atoms with van der Waals surface area (Å²) in [5.41, 5.74) is 4.50. The molecule has 3 heteroatoms. The van der Waals surface area contributed by atoms with Crippen molar-refractivity contribution in [2.45, 2.75) is 25.2 Å². The van der Waals surface area contributed by atoms with E-state index in [1.165, 1.54) is 35.0 Å². The fraction of sp³-hybridized carbons (Fsp3) is 0.467. The number of aryl methyl sites for hydroxylation is 1. The van der Waals surface area contributed by atoms with E-state index in [0.29, 0.717) is 5.41 Å². The second-order valence-electron chi connectivity index (χ2n) is 5.49. The number of likely N-dealkylation sites (N-methyl/N-ethyl adjacent to an activating group) is 1. The molecule has 18 heavy (non-hydrogen) atoms. The number of nitrogens with zero attached hydrogens (tertiary/aromatic N) is 1. The van der Waals surface area contributed by atoms with Crippen LogP contribution in [0.2, 0.25) is 5.02 Å². The van der Waals surface area contributed by atoms with Crippen molar-refractivity contribution in [1.82, 2.24) is 9.88 Å². The molecule has 1 aromatic carbocycles. The number of hydrogen-bond acceptors (Lipinski definition) is 1. The number of nitrogens with one attached hydrogen (secondary N) is 1. The van der Waals surface area contributed by atoms with E-state index in [9.17, 15) is 0 Å². The zero-order valence-corrected chi connectivity index (χ0v) is 11.9. The van der Waals surface area contributed by atoms with Crippen molar-refractivity contribution in [1.29, 1.82) is 0 Å². The minimum Gasteiger partial charge on any atom is -0.348 e. The number of fused-ring (bicyclic) bond motifs is 1. The molecular formula is C15H19ClN2. The normalized spacial score (nSPS) is 17.3. The van der Waals surface area contributed by atoms with E-state index in [1.54, 1.807) is 0 Å². The first-order chi connectivity index (χ1) is 8.59. The van der Waals surface area contributed by atoms with Gasteiger partial charge in [-0.2, -0.15) is 0 Å². The molecule has 1 aromatic heterocycles. The Morgan fingerprint density at radius 2 is 2.11 bits per heavy atom. The van der Waals surface area contributed by atoms with Crippen LogP contribution < -0.4 is 5.32 Å². The van der Waals surface area contributed by atoms with E-state index >= 15 is 0 Å². The second kappa shape index (κ2) is 4.01. The summed E-state index contributed by atoms with van der Waals surface area (Å²) in [6.07, 6.45) is 2.58. The number of rotatable bonds is 3. The lowest BCUT2D eigenvalue weighted by molar-refractivity contribution is 0.621. The van der Waals surface area contributed by atoms with Crippen LogP contribution in [0.3, 0.4) is 0 Å². The van der Waals surface area contributed by atoms with Gasteiger partial charge in [0.15, 0.2) is 0 Å². The Hall–Kier alpha value is -0.990. The SMILES string of the molecule is CNCC1(c2c(C)n(C)c3cc(Cl)ccc23)CC1. The Labute approximate surface area is 113 Å². The summed E-state index contributed by atoms with van der Waals surface area (Å²) >= 11 is 6.12. The van der Waals surface area contributed by atoms with E-state index in [4.69, 9.17) is 11.6 Å². The molecule has 0 spiro atoms. The molecule has 1 heterocycles. The summed E-state index contributed by atoms with van der Waals surface area (Å²) in [5.74, 6) is 0. The van der Waals surface area contributed by atoms with Crippen LogP contribution in [-0.2, 0) is 12.5 Å². The Balaban J connectivity index is 2.26. The molecule has 0 saturated heterocycles. The molecule has 1 aliphatic carbocycles. The monoisotopic (exact) mass is 262 g/mol. The number of aromatic nitrogens is 1. The van der Waals surface area contributed by atoms with Gasteiger partial charge in [0.1, 0.15) is 0 Å². The molecule has 0 amide bonds. The number of benzene rings is 1. The number of hydrogen-bond donors (Lipinski definition) is 1. The summed E-state index contributed by atoms with van der Waals surface area (Å²) in [7, 11) is 4.17. The minimum absolute atomic E-state index is 0.353. The third kappa shape index (κ3) is 1.59. The zero-order chi connectivity index (χ0) is 12.9. The maximum absolute atomic E-state index is 6.12. The Morgan fingerprint density at radius 3 is 2.72 bits per heavy atom. The fourth-order valence-electron chi connectivity index (χ4n) is 3.21. The van der Waals surface area contributed by atoms with Crippen LogP contribution in [0.1, 0.15) is 24.1 Å². The summed E-state index contributed by atoms with van der Waals surface area (Å²) in [4.78, 5) is 0. The molecule has 1 fully saturated rings. The predicted octanol–water partition coefficient (Wildman–Crippen LogP) is 3.39. The Bertz CT molecular complexity index is 608. The van der Waals surface area contributed by atoms with Gasteiger partial charge in [0, 0.05) is 40.6 Å². The molecule has 1 saturated carbocycles. The van der Waals surface area contributed by atoms with Gasteiger partial charge in [-0.05, 0) is 44.5 Å². The summed E-state index contributed by atoms with van der Waals surface area (Å²) < 4.78 is 2.27. The van der Waals surface area contributed by atoms with Gasteiger partial charge in [0.05, 0.1) is 0 Å². The quantitative estimate of drug-likeness (QED) is 0.897. The molecular weight excluding hydrogens is 244 g/mol. The lowest BCUT2D eigenvalue weighted by Gasteiger charge is -2.16. The van der Waals surface area contributed by atoms with Crippen LogP contribution in [0.5, 0.6) is 0 Å². The lowest BCUT2D eigenvalue weighted by atomic mass is 9.93. The van der Waals surface area contributed by atoms with Crippen molar-refractivity contribution in [3.63, 3.8) is 0 Å². The molecule has 1 N–H and O–H groups in total. The first-order valence-electron chi connectivity index (χ1n) is 6.49. The Morgan fingerprint density at radius 1 is 1.39 bits per heavy atom. The third-order valence-corrected chi connectivity index (χ3v) is 4.59. The molecule has 3 rings (SSSR count). The molecule has 0 bridgehead atoms. The van der Waals surface area contributed by atoms with Crippen molar-refractivity contribution in [3.8, 4) is 0 Å². The summed E-state index contributed by atoms with van der Waals surface area (Å²) in [5, 5.41) is 5.53. The zero-order valence-electron chi connectivity index (χ0n) is 11.2. The molecule has 0 unspecified atom stereocenters. The van der Waals surface area contributed by atoms with Crippen molar-refractivity contribution < 1.29 is 0 Å². The molecule has 1 aliphatic rings. The highest BCUT2D eigenvalue weighted by Crippen LogP contribution is 2.51. The van der Waals surface area contributed by atoms with Gasteiger partial charge >= 0.3 is 0 Å². The van der Waals surface area contributed by atoms with Crippen molar-refractivity contribution >= 4 is 22.5 Å². The van der Waals surface area contributed by atoms with Crippen molar-refractivity contribution in [2.24, 2.45) is 7.05 Å². The van der Waals surface area contributed by atoms with Crippen LogP contribution in [0.25, 0.3) is 10.9 Å². The smallest absolute Gasteiger partial charge is 0.0497 e. The van der Waals surface area contributed by atoms with Crippen LogP contribution in [0.4, 0.5) is 0 Å². The molecule has 2 nitrogen and oxygen atoms in total. The van der Waals surface area contributed by atoms with Crippen molar-refractivity contribution in [2.75, 3.05) is 13.6 Å². The van der Waals surface area contributed by atoms with Crippen molar-refractivity contribution in [3.05, 3.63) is 34.5 Å². The van der Waals surface area contributed by atoms with Crippen LogP contribution >= 0.6 is 11.6 Å². The first kappa shape index (κ1) is 12.1. The average molecular weight is 263 g/mol. The first-order valence-corrected chi connectivity index (χ1v) is 6.86. The lowest BCUT2D eigenvalue weighted by Crippen LogP contribution is -2.24. The topological polar surface area (TPSA) is 17.0 Å². The Kier molecular flexibility index (Phi) is 2.68. The number of halogens is 1. The standard InChI is InChI=1S/C15H19ClN2/c1-10-14(15(6-7-15)9-17-2)12-5-4-11(16)8-13(12)18(10)3/h4-5,8,17H,6-7,9H2,1-3H3. The van der Waals surface area contributed by atoms with Crippen LogP contribution in [-0.4, -0.2) is 18.2 Å². The third-order valence-electron chi connectivity index (χ3n) is 4.35. The molecule has 0 aliphatic heterocycles. The minimum atomic E-state index is 0.353. The van der Waals surface area contributed by atoms with E-state index in [2.05, 4.69) is 36.0 Å². The average Bonchev–Trinajstić information content (AvgIpc) is 3.06. The van der Waals surface area contributed by atoms with Gasteiger partial charge < -0.3 is 9.88 Å². The van der Waals surface area contributed by atoms with E-state index < -0.39 is 0 Å². The second-order valence-corrected chi connectivity index (χ2v) is 5.93. The van der Waals surface area contributed by atoms with E-state index in [1.807, 2.05) is 13.1 Å². The molecule has 2 aromatic rings. The van der Waals surface area contributed by atoms with Crippen LogP contribution in [0, 0.1) is 6.92 Å². The highest BCUT2D eigenvalue weighted by Gasteiger charge is 2.46. The summed E-state index contributed by atoms with van der Waals surface area (Å²) in [6, 6.07) is 6.25. The molecule has 0 radical (unpaired) electrons. The maximum Gasteiger partial charge on any atom is 0.0497 e. The van der Waals surface area contributed by atoms with E-state index in [-0.39, 0.29) is 0 Å². The van der Waals surface area contributed by atoms with Gasteiger partial charge in [-0.15, -0.1) is 0 Å². The highest BCUT2D eigenvalue weighted by molar-refractivity contribution is 6.31. The maximum atomic E-state index is 6.12. The predicted molar refractivity (Wildman–Crippen MR) is 77.5 cm³/mol. The van der Waals surface area contributed by atoms with Gasteiger partial charge in [-0.25, -0.2) is 0 Å². The van der Waals surface area contributed by atoms with Gasteiger partial charge in [0.25, 0.3) is 0 Å². The van der Waals surface area contributed by atoms with Crippen LogP contribution in [0.15, 0.2) is 18.2 Å². The molecule has 96 valence electrons. The molecule has 0 atom stereocenters. The summed E-state index contributed by atoms with van der Waals surface area (Å²) in [6.45, 7) is 3.29. The van der Waals surface area contributed by atoms with Gasteiger partial charge in [-0.1, -0.05) is 17.7 Å². The van der Waals surface area contributed by atoms with Gasteiger partial charge in [-0.3, -0.25) is 0 Å². The highest BCUT2D eigenvalue weighted by atomic mass is 35.5. The fourth-order valence-corrected chi connectivity index (χ4v) is 3.38.